The summed E-state index contributed by atoms with van der Waals surface area (Å²) >= 11 is 0. The van der Waals surface area contributed by atoms with Gasteiger partial charge in [-0.15, -0.1) is 0 Å². The van der Waals surface area contributed by atoms with Gasteiger partial charge in [0.2, 0.25) is 0 Å². The maximum absolute atomic E-state index is 11.8. The van der Waals surface area contributed by atoms with Crippen molar-refractivity contribution < 1.29 is 14.7 Å². The molecule has 1 aromatic heterocycles. The lowest BCUT2D eigenvalue weighted by Gasteiger charge is -2.20. The molecule has 0 fully saturated rings. The molecule has 20 heavy (non-hydrogen) atoms. The number of aliphatic carboxylic acids is 1. The van der Waals surface area contributed by atoms with Crippen LogP contribution in [0.25, 0.3) is 0 Å². The maximum Gasteiger partial charge on any atom is 0.326 e. The van der Waals surface area contributed by atoms with Crippen LogP contribution in [0.2, 0.25) is 0 Å². The predicted octanol–water partition coefficient (Wildman–Crippen LogP) is 1.69. The molecule has 0 aliphatic heterocycles. The van der Waals surface area contributed by atoms with Crippen molar-refractivity contribution in [1.29, 1.82) is 0 Å². The number of carbonyl (C=O) groups is 2. The molecule has 0 aromatic carbocycles. The van der Waals surface area contributed by atoms with Crippen LogP contribution >= 0.6 is 0 Å². The standard InChI is InChI=1S/C14H21N3O3/c1-4-9(2)12(13(18)19)17-14(20)16-8-11-7-15-6-5-10(11)3/h5-7,9,12H,4,8H2,1-3H3,(H,18,19)(H2,16,17,20). The van der Waals surface area contributed by atoms with E-state index in [-0.39, 0.29) is 5.92 Å². The van der Waals surface area contributed by atoms with E-state index in [1.165, 1.54) is 0 Å². The number of amides is 2. The number of hydrogen-bond donors (Lipinski definition) is 3. The van der Waals surface area contributed by atoms with Crippen molar-refractivity contribution in [1.82, 2.24) is 15.6 Å². The van der Waals surface area contributed by atoms with E-state index in [9.17, 15) is 9.59 Å². The summed E-state index contributed by atoms with van der Waals surface area (Å²) in [7, 11) is 0. The van der Waals surface area contributed by atoms with Crippen LogP contribution in [0, 0.1) is 12.8 Å². The quantitative estimate of drug-likeness (QED) is 0.739. The molecule has 0 saturated heterocycles. The molecule has 110 valence electrons. The van der Waals surface area contributed by atoms with Gasteiger partial charge in [0.1, 0.15) is 6.04 Å². The van der Waals surface area contributed by atoms with Crippen LogP contribution < -0.4 is 10.6 Å². The lowest BCUT2D eigenvalue weighted by Crippen LogP contribution is -2.48. The molecule has 0 saturated carbocycles. The van der Waals surface area contributed by atoms with Gasteiger partial charge in [0.15, 0.2) is 0 Å². The molecule has 0 aliphatic carbocycles. The van der Waals surface area contributed by atoms with Crippen LogP contribution in [0.1, 0.15) is 31.4 Å². The molecule has 1 heterocycles. The smallest absolute Gasteiger partial charge is 0.326 e. The minimum absolute atomic E-state index is 0.127. The Kier molecular flexibility index (Phi) is 5.96. The SMILES string of the molecule is CCC(C)C(NC(=O)NCc1cnccc1C)C(=O)O. The average Bonchev–Trinajstić information content (AvgIpc) is 2.42. The summed E-state index contributed by atoms with van der Waals surface area (Å²) in [5.41, 5.74) is 1.93. The van der Waals surface area contributed by atoms with Gasteiger partial charge in [-0.2, -0.15) is 0 Å². The zero-order chi connectivity index (χ0) is 15.1. The molecule has 6 nitrogen and oxygen atoms in total. The first-order valence-corrected chi connectivity index (χ1v) is 6.62. The number of rotatable bonds is 6. The third kappa shape index (κ3) is 4.53. The Morgan fingerprint density at radius 1 is 1.45 bits per heavy atom. The van der Waals surface area contributed by atoms with Crippen molar-refractivity contribution >= 4 is 12.0 Å². The fraction of sp³-hybridized carbons (Fsp3) is 0.500. The largest absolute Gasteiger partial charge is 0.480 e. The van der Waals surface area contributed by atoms with Crippen LogP contribution in [0.5, 0.6) is 0 Å². The first-order chi connectivity index (χ1) is 9.45. The van der Waals surface area contributed by atoms with E-state index in [4.69, 9.17) is 5.11 Å². The van der Waals surface area contributed by atoms with Crippen molar-refractivity contribution in [3.05, 3.63) is 29.6 Å². The first-order valence-electron chi connectivity index (χ1n) is 6.62. The molecule has 2 amide bonds. The Labute approximate surface area is 118 Å². The molecular formula is C14H21N3O3. The van der Waals surface area contributed by atoms with Gasteiger partial charge in [-0.05, 0) is 30.0 Å². The van der Waals surface area contributed by atoms with Gasteiger partial charge < -0.3 is 15.7 Å². The number of nitrogens with one attached hydrogen (secondary N) is 2. The van der Waals surface area contributed by atoms with Crippen molar-refractivity contribution in [3.8, 4) is 0 Å². The van der Waals surface area contributed by atoms with Gasteiger partial charge in [0, 0.05) is 18.9 Å². The van der Waals surface area contributed by atoms with E-state index in [0.717, 1.165) is 11.1 Å². The van der Waals surface area contributed by atoms with E-state index in [1.807, 2.05) is 19.9 Å². The number of urea groups is 1. The maximum atomic E-state index is 11.8. The van der Waals surface area contributed by atoms with E-state index in [1.54, 1.807) is 19.3 Å². The number of pyridine rings is 1. The second-order valence-electron chi connectivity index (χ2n) is 4.83. The Morgan fingerprint density at radius 3 is 2.70 bits per heavy atom. The average molecular weight is 279 g/mol. The first kappa shape index (κ1) is 15.9. The highest BCUT2D eigenvalue weighted by atomic mass is 16.4. The van der Waals surface area contributed by atoms with Crippen molar-refractivity contribution in [2.24, 2.45) is 5.92 Å². The molecule has 0 spiro atoms. The Hall–Kier alpha value is -2.11. The van der Waals surface area contributed by atoms with Gasteiger partial charge in [0.25, 0.3) is 0 Å². The highest BCUT2D eigenvalue weighted by Crippen LogP contribution is 2.08. The second-order valence-corrected chi connectivity index (χ2v) is 4.83. The number of aromatic nitrogens is 1. The topological polar surface area (TPSA) is 91.3 Å². The number of carboxylic acids is 1. The summed E-state index contributed by atoms with van der Waals surface area (Å²) in [5.74, 6) is -1.15. The third-order valence-corrected chi connectivity index (χ3v) is 3.35. The highest BCUT2D eigenvalue weighted by molar-refractivity contribution is 5.82. The van der Waals surface area contributed by atoms with E-state index < -0.39 is 18.0 Å². The van der Waals surface area contributed by atoms with Gasteiger partial charge in [-0.1, -0.05) is 20.3 Å². The number of hydrogen-bond acceptors (Lipinski definition) is 3. The molecule has 0 radical (unpaired) electrons. The minimum atomic E-state index is -1.02. The van der Waals surface area contributed by atoms with Gasteiger partial charge in [0.05, 0.1) is 0 Å². The van der Waals surface area contributed by atoms with Crippen LogP contribution in [-0.4, -0.2) is 28.1 Å². The monoisotopic (exact) mass is 279 g/mol. The molecule has 2 atom stereocenters. The van der Waals surface area contributed by atoms with Crippen molar-refractivity contribution in [3.63, 3.8) is 0 Å². The summed E-state index contributed by atoms with van der Waals surface area (Å²) < 4.78 is 0. The van der Waals surface area contributed by atoms with E-state index in [0.29, 0.717) is 13.0 Å². The molecular weight excluding hydrogens is 258 g/mol. The molecule has 0 aliphatic rings. The van der Waals surface area contributed by atoms with E-state index in [2.05, 4.69) is 15.6 Å². The third-order valence-electron chi connectivity index (χ3n) is 3.35. The van der Waals surface area contributed by atoms with Gasteiger partial charge in [-0.3, -0.25) is 4.98 Å². The molecule has 0 bridgehead atoms. The zero-order valence-corrected chi connectivity index (χ0v) is 12.0. The number of aryl methyl sites for hydroxylation is 1. The van der Waals surface area contributed by atoms with Gasteiger partial charge in [-0.25, -0.2) is 9.59 Å². The Morgan fingerprint density at radius 2 is 2.15 bits per heavy atom. The summed E-state index contributed by atoms with van der Waals surface area (Å²) in [4.78, 5) is 26.9. The Balaban J connectivity index is 2.55. The van der Waals surface area contributed by atoms with Crippen LogP contribution in [0.4, 0.5) is 4.79 Å². The van der Waals surface area contributed by atoms with Crippen LogP contribution in [0.15, 0.2) is 18.5 Å². The van der Waals surface area contributed by atoms with Crippen molar-refractivity contribution in [2.45, 2.75) is 39.8 Å². The number of carboxylic acid groups (broad SMARTS) is 1. The fourth-order valence-electron chi connectivity index (χ4n) is 1.73. The lowest BCUT2D eigenvalue weighted by atomic mass is 9.99. The zero-order valence-electron chi connectivity index (χ0n) is 12.0. The minimum Gasteiger partial charge on any atom is -0.480 e. The highest BCUT2D eigenvalue weighted by Gasteiger charge is 2.25. The van der Waals surface area contributed by atoms with E-state index >= 15 is 0 Å². The molecule has 6 heteroatoms. The van der Waals surface area contributed by atoms with Crippen LogP contribution in [-0.2, 0) is 11.3 Å². The summed E-state index contributed by atoms with van der Waals surface area (Å²) in [6.07, 6.45) is 4.04. The number of carbonyl (C=O) groups excluding carboxylic acids is 1. The van der Waals surface area contributed by atoms with Crippen molar-refractivity contribution in [2.75, 3.05) is 0 Å². The molecule has 1 aromatic rings. The summed E-state index contributed by atoms with van der Waals surface area (Å²) in [5, 5.41) is 14.2. The predicted molar refractivity (Wildman–Crippen MR) is 75.2 cm³/mol. The normalized spacial score (nSPS) is 13.3. The lowest BCUT2D eigenvalue weighted by molar-refractivity contribution is -0.140. The molecule has 2 unspecified atom stereocenters. The molecule has 3 N–H and O–H groups in total. The van der Waals surface area contributed by atoms with Crippen LogP contribution in [0.3, 0.4) is 0 Å². The summed E-state index contributed by atoms with van der Waals surface area (Å²) in [6.45, 7) is 5.93. The summed E-state index contributed by atoms with van der Waals surface area (Å²) in [6, 6.07) is 0.490. The Bertz CT molecular complexity index is 476. The second kappa shape index (κ2) is 7.47. The number of nitrogens with zero attached hydrogens (tertiary/aromatic N) is 1. The molecule has 1 rings (SSSR count). The van der Waals surface area contributed by atoms with Gasteiger partial charge >= 0.3 is 12.0 Å². The fourth-order valence-corrected chi connectivity index (χ4v) is 1.73.